The Hall–Kier alpha value is -2.97. The van der Waals surface area contributed by atoms with Crippen LogP contribution in [0.5, 0.6) is 0 Å². The topological polar surface area (TPSA) is 90.3 Å². The molecule has 0 aliphatic heterocycles. The zero-order valence-corrected chi connectivity index (χ0v) is 17.7. The summed E-state index contributed by atoms with van der Waals surface area (Å²) in [5.41, 5.74) is 5.56. The van der Waals surface area contributed by atoms with Crippen molar-refractivity contribution < 1.29 is 13.6 Å². The summed E-state index contributed by atoms with van der Waals surface area (Å²) in [5.74, 6) is -0.273. The van der Waals surface area contributed by atoms with Gasteiger partial charge >= 0.3 is 0 Å². The molecule has 30 heavy (non-hydrogen) atoms. The van der Waals surface area contributed by atoms with E-state index in [1.807, 2.05) is 38.4 Å². The van der Waals surface area contributed by atoms with Crippen LogP contribution < -0.4 is 9.62 Å². The van der Waals surface area contributed by atoms with Gasteiger partial charge in [0.1, 0.15) is 0 Å². The molecule has 1 amide bonds. The van der Waals surface area contributed by atoms with E-state index in [1.54, 1.807) is 29.1 Å². The Morgan fingerprint density at radius 1 is 1.23 bits per heavy atom. The number of amides is 1. The maximum absolute atomic E-state index is 12.7. The van der Waals surface area contributed by atoms with Crippen LogP contribution in [0.4, 0.5) is 11.4 Å². The number of carbonyl (C=O) groups is 1. The summed E-state index contributed by atoms with van der Waals surface area (Å²) in [6.45, 7) is 2.18. The third-order valence-electron chi connectivity index (χ3n) is 5.37. The molecule has 7 nitrogen and oxygen atoms in total. The maximum atomic E-state index is 12.7. The van der Waals surface area contributed by atoms with Gasteiger partial charge in [0.25, 0.3) is 5.91 Å². The number of hydrogen-bond acceptors (Lipinski definition) is 4. The van der Waals surface area contributed by atoms with Crippen molar-refractivity contribution in [1.29, 1.82) is 0 Å². The molecule has 0 spiro atoms. The number of fused-ring (bicyclic) bond motifs is 1. The van der Waals surface area contributed by atoms with Gasteiger partial charge in [0, 0.05) is 30.9 Å². The third-order valence-corrected chi connectivity index (χ3v) is 6.07. The van der Waals surface area contributed by atoms with Gasteiger partial charge in [-0.2, -0.15) is 5.10 Å². The minimum absolute atomic E-state index is 0.273. The van der Waals surface area contributed by atoms with Gasteiger partial charge in [-0.25, -0.2) is 0 Å². The number of aryl methyl sites for hydroxylation is 4. The minimum atomic E-state index is -2.52. The van der Waals surface area contributed by atoms with Gasteiger partial charge in [-0.3, -0.25) is 18.0 Å². The Balaban J connectivity index is 1.62. The summed E-state index contributed by atoms with van der Waals surface area (Å²) in [6, 6.07) is 10.9. The predicted molar refractivity (Wildman–Crippen MR) is 115 cm³/mol. The van der Waals surface area contributed by atoms with Crippen molar-refractivity contribution >= 4 is 28.5 Å². The number of hydrogen-bond donors (Lipinski definition) is 1. The van der Waals surface area contributed by atoms with Crippen LogP contribution in [0.3, 0.4) is 0 Å². The second kappa shape index (κ2) is 8.41. The van der Waals surface area contributed by atoms with E-state index in [-0.39, 0.29) is 5.91 Å². The van der Waals surface area contributed by atoms with Crippen LogP contribution in [-0.2, 0) is 37.7 Å². The standard InChI is InChI=1S/C22H24N4O3S/c1-15-6-7-19(22(27)23-12-16-13-24-25(2)14-16)11-21(15)26(30(28)29)20-9-8-17-4-3-5-18(17)10-20/h6-11,13-14H,3-5,12H2,1-2H3,(H,23,27)(H,28,29)/p-1. The van der Waals surface area contributed by atoms with Crippen molar-refractivity contribution in [1.82, 2.24) is 15.1 Å². The number of carbonyl (C=O) groups excluding carboxylic acids is 1. The smallest absolute Gasteiger partial charge is 0.251 e. The number of anilines is 2. The summed E-state index contributed by atoms with van der Waals surface area (Å²) in [5, 5.41) is 6.94. The molecule has 1 heterocycles. The molecule has 0 bridgehead atoms. The molecule has 3 aromatic rings. The molecule has 8 heteroatoms. The highest BCUT2D eigenvalue weighted by molar-refractivity contribution is 7.81. The van der Waals surface area contributed by atoms with E-state index in [1.165, 1.54) is 15.4 Å². The molecule has 1 N–H and O–H groups in total. The van der Waals surface area contributed by atoms with E-state index < -0.39 is 11.3 Å². The highest BCUT2D eigenvalue weighted by Crippen LogP contribution is 2.34. The largest absolute Gasteiger partial charge is 0.755 e. The van der Waals surface area contributed by atoms with Crippen molar-refractivity contribution in [3.63, 3.8) is 0 Å². The van der Waals surface area contributed by atoms with E-state index in [0.29, 0.717) is 23.5 Å². The zero-order chi connectivity index (χ0) is 21.3. The van der Waals surface area contributed by atoms with Crippen molar-refractivity contribution in [2.45, 2.75) is 32.7 Å². The lowest BCUT2D eigenvalue weighted by Crippen LogP contribution is -2.24. The van der Waals surface area contributed by atoms with Gasteiger partial charge in [0.15, 0.2) is 0 Å². The van der Waals surface area contributed by atoms with Crippen LogP contribution in [0.25, 0.3) is 0 Å². The van der Waals surface area contributed by atoms with E-state index in [2.05, 4.69) is 10.4 Å². The van der Waals surface area contributed by atoms with Crippen LogP contribution in [0, 0.1) is 6.92 Å². The molecule has 1 aliphatic carbocycles. The normalized spacial score (nSPS) is 13.7. The van der Waals surface area contributed by atoms with E-state index in [4.69, 9.17) is 0 Å². The quantitative estimate of drug-likeness (QED) is 0.617. The zero-order valence-electron chi connectivity index (χ0n) is 16.9. The first-order valence-electron chi connectivity index (χ1n) is 9.80. The molecular weight excluding hydrogens is 400 g/mol. The average Bonchev–Trinajstić information content (AvgIpc) is 3.35. The molecule has 1 atom stereocenters. The van der Waals surface area contributed by atoms with Gasteiger partial charge in [0.2, 0.25) is 0 Å². The summed E-state index contributed by atoms with van der Waals surface area (Å²) < 4.78 is 27.3. The summed E-state index contributed by atoms with van der Waals surface area (Å²) in [4.78, 5) is 12.7. The number of nitrogens with zero attached hydrogens (tertiary/aromatic N) is 3. The number of rotatable bonds is 6. The highest BCUT2D eigenvalue weighted by atomic mass is 32.2. The Labute approximate surface area is 178 Å². The Kier molecular flexibility index (Phi) is 5.69. The molecule has 4 rings (SSSR count). The van der Waals surface area contributed by atoms with Crippen molar-refractivity contribution in [2.24, 2.45) is 7.05 Å². The lowest BCUT2D eigenvalue weighted by Gasteiger charge is -2.28. The second-order valence-electron chi connectivity index (χ2n) is 7.52. The minimum Gasteiger partial charge on any atom is -0.755 e. The molecule has 0 saturated carbocycles. The molecule has 1 unspecified atom stereocenters. The van der Waals surface area contributed by atoms with Gasteiger partial charge < -0.3 is 9.87 Å². The van der Waals surface area contributed by atoms with Crippen molar-refractivity contribution in [3.05, 3.63) is 76.6 Å². The van der Waals surface area contributed by atoms with Crippen molar-refractivity contribution in [3.8, 4) is 0 Å². The average molecular weight is 424 g/mol. The van der Waals surface area contributed by atoms with Gasteiger partial charge in [-0.1, -0.05) is 12.1 Å². The van der Waals surface area contributed by atoms with E-state index >= 15 is 0 Å². The lowest BCUT2D eigenvalue weighted by molar-refractivity contribution is 0.0951. The van der Waals surface area contributed by atoms with Gasteiger partial charge in [0.05, 0.1) is 28.8 Å². The SMILES string of the molecule is Cc1ccc(C(=O)NCc2cnn(C)c2)cc1N(c1ccc2c(c1)CCC2)S(=O)[O-]. The van der Waals surface area contributed by atoms with Crippen LogP contribution in [0.2, 0.25) is 0 Å². The molecular formula is C22H23N4O3S-. The fourth-order valence-electron chi connectivity index (χ4n) is 3.81. The third kappa shape index (κ3) is 4.15. The first kappa shape index (κ1) is 20.3. The first-order valence-corrected chi connectivity index (χ1v) is 10.8. The fourth-order valence-corrected chi connectivity index (χ4v) is 4.45. The number of aromatic nitrogens is 2. The number of nitrogens with one attached hydrogen (secondary N) is 1. The lowest BCUT2D eigenvalue weighted by atomic mass is 10.1. The summed E-state index contributed by atoms with van der Waals surface area (Å²) >= 11 is -2.52. The second-order valence-corrected chi connectivity index (χ2v) is 8.32. The van der Waals surface area contributed by atoms with Crippen LogP contribution in [-0.4, -0.2) is 24.4 Å². The summed E-state index contributed by atoms with van der Waals surface area (Å²) in [6.07, 6.45) is 6.60. The van der Waals surface area contributed by atoms with Gasteiger partial charge in [-0.15, -0.1) is 0 Å². The van der Waals surface area contributed by atoms with Crippen LogP contribution in [0.1, 0.15) is 39.0 Å². The molecule has 2 aromatic carbocycles. The molecule has 1 aliphatic rings. The number of benzene rings is 2. The monoisotopic (exact) mass is 423 g/mol. The Morgan fingerprint density at radius 2 is 2.03 bits per heavy atom. The predicted octanol–water partition coefficient (Wildman–Crippen LogP) is 3.08. The van der Waals surface area contributed by atoms with Gasteiger partial charge in [-0.05, 0) is 67.1 Å². The summed E-state index contributed by atoms with van der Waals surface area (Å²) in [7, 11) is 1.81. The fraction of sp³-hybridized carbons (Fsp3) is 0.273. The highest BCUT2D eigenvalue weighted by Gasteiger charge is 2.19. The molecule has 156 valence electrons. The van der Waals surface area contributed by atoms with E-state index in [0.717, 1.165) is 30.4 Å². The van der Waals surface area contributed by atoms with Crippen LogP contribution >= 0.6 is 0 Å². The molecule has 0 fully saturated rings. The first-order chi connectivity index (χ1) is 14.4. The molecule has 1 aromatic heterocycles. The molecule has 0 saturated heterocycles. The van der Waals surface area contributed by atoms with Crippen molar-refractivity contribution in [2.75, 3.05) is 4.31 Å². The Bertz CT molecular complexity index is 1130. The molecule has 0 radical (unpaired) electrons. The Morgan fingerprint density at radius 3 is 2.77 bits per heavy atom. The van der Waals surface area contributed by atoms with E-state index in [9.17, 15) is 13.6 Å². The maximum Gasteiger partial charge on any atom is 0.251 e. The van der Waals surface area contributed by atoms with Crippen LogP contribution in [0.15, 0.2) is 48.8 Å².